The Hall–Kier alpha value is -3.03. The Labute approximate surface area is 180 Å². The maximum Gasteiger partial charge on any atom is 0.254 e. The highest BCUT2D eigenvalue weighted by Crippen LogP contribution is 2.30. The second kappa shape index (κ2) is 8.99. The van der Waals surface area contributed by atoms with E-state index in [0.717, 1.165) is 19.3 Å². The number of carbonyl (C=O) groups excluding carboxylic acids is 2. The monoisotopic (exact) mass is 426 g/mol. The van der Waals surface area contributed by atoms with E-state index in [2.05, 4.69) is 4.98 Å². The molecular weight excluding hydrogens is 399 g/mol. The minimum Gasteiger partial charge on any atom is -0.336 e. The summed E-state index contributed by atoms with van der Waals surface area (Å²) in [4.78, 5) is 49.3. The van der Waals surface area contributed by atoms with Gasteiger partial charge in [0.15, 0.2) is 0 Å². The van der Waals surface area contributed by atoms with Gasteiger partial charge >= 0.3 is 0 Å². The van der Waals surface area contributed by atoms with Gasteiger partial charge in [0.2, 0.25) is 5.91 Å². The normalized spacial score (nSPS) is 18.6. The third-order valence-electron chi connectivity index (χ3n) is 6.08. The van der Waals surface area contributed by atoms with Crippen LogP contribution in [-0.4, -0.2) is 44.7 Å². The van der Waals surface area contributed by atoms with Crippen molar-refractivity contribution in [3.8, 4) is 0 Å². The van der Waals surface area contributed by atoms with Crippen molar-refractivity contribution in [2.75, 3.05) is 13.1 Å². The second-order valence-corrected chi connectivity index (χ2v) is 8.21. The summed E-state index contributed by atoms with van der Waals surface area (Å²) in [5, 5.41) is 0. The van der Waals surface area contributed by atoms with E-state index in [4.69, 9.17) is 4.98 Å². The summed E-state index contributed by atoms with van der Waals surface area (Å²) < 4.78 is 13.3. The second-order valence-electron chi connectivity index (χ2n) is 8.21. The molecule has 1 fully saturated rings. The molecule has 0 spiro atoms. The van der Waals surface area contributed by atoms with Crippen molar-refractivity contribution in [2.24, 2.45) is 0 Å². The van der Waals surface area contributed by atoms with Gasteiger partial charge in [-0.15, -0.1) is 0 Å². The number of nitrogens with zero attached hydrogens (tertiary/aromatic N) is 3. The molecule has 1 N–H and O–H groups in total. The number of amides is 2. The van der Waals surface area contributed by atoms with Crippen molar-refractivity contribution in [2.45, 2.75) is 58.0 Å². The number of benzene rings is 1. The summed E-state index contributed by atoms with van der Waals surface area (Å²) in [5.74, 6) is -0.0642. The molecule has 1 saturated heterocycles. The third-order valence-corrected chi connectivity index (χ3v) is 6.08. The van der Waals surface area contributed by atoms with E-state index in [0.29, 0.717) is 61.5 Å². The number of likely N-dealkylation sites (tertiary alicyclic amines) is 1. The SMILES string of the molecule is CCCC(=O)N1CCc2c(nc([C@H]3CCCCN3C(=O)c3ccc(F)cc3)[nH]c2=O)C1. The molecule has 8 heteroatoms. The number of hydrogen-bond acceptors (Lipinski definition) is 4. The van der Waals surface area contributed by atoms with Crippen LogP contribution in [0.2, 0.25) is 0 Å². The van der Waals surface area contributed by atoms with Gasteiger partial charge in [0, 0.05) is 30.6 Å². The van der Waals surface area contributed by atoms with Gasteiger partial charge in [-0.1, -0.05) is 6.92 Å². The highest BCUT2D eigenvalue weighted by atomic mass is 19.1. The van der Waals surface area contributed by atoms with Crippen molar-refractivity contribution < 1.29 is 14.0 Å². The van der Waals surface area contributed by atoms with E-state index < -0.39 is 5.82 Å². The van der Waals surface area contributed by atoms with Crippen molar-refractivity contribution in [3.63, 3.8) is 0 Å². The summed E-state index contributed by atoms with van der Waals surface area (Å²) in [5.41, 5.74) is 1.46. The zero-order valence-electron chi connectivity index (χ0n) is 17.7. The molecule has 2 amide bonds. The van der Waals surface area contributed by atoms with Crippen LogP contribution in [0.15, 0.2) is 29.1 Å². The lowest BCUT2D eigenvalue weighted by atomic mass is 9.99. The third kappa shape index (κ3) is 4.38. The fourth-order valence-electron chi connectivity index (χ4n) is 4.42. The molecule has 3 heterocycles. The van der Waals surface area contributed by atoms with Crippen LogP contribution in [0.25, 0.3) is 0 Å². The van der Waals surface area contributed by atoms with Crippen LogP contribution < -0.4 is 5.56 Å². The number of hydrogen-bond donors (Lipinski definition) is 1. The van der Waals surface area contributed by atoms with Crippen LogP contribution >= 0.6 is 0 Å². The molecule has 0 saturated carbocycles. The van der Waals surface area contributed by atoms with Crippen molar-refractivity contribution >= 4 is 11.8 Å². The fourth-order valence-corrected chi connectivity index (χ4v) is 4.42. The molecule has 1 aromatic carbocycles. The fraction of sp³-hybridized carbons (Fsp3) is 0.478. The predicted octanol–water partition coefficient (Wildman–Crippen LogP) is 2.96. The summed E-state index contributed by atoms with van der Waals surface area (Å²) in [6, 6.07) is 5.14. The van der Waals surface area contributed by atoms with Crippen LogP contribution in [-0.2, 0) is 17.8 Å². The largest absolute Gasteiger partial charge is 0.336 e. The van der Waals surface area contributed by atoms with Crippen molar-refractivity contribution in [1.82, 2.24) is 19.8 Å². The molecule has 0 radical (unpaired) electrons. The number of piperidine rings is 1. The predicted molar refractivity (Wildman–Crippen MR) is 113 cm³/mol. The maximum absolute atomic E-state index is 13.3. The lowest BCUT2D eigenvalue weighted by molar-refractivity contribution is -0.132. The number of carbonyl (C=O) groups is 2. The summed E-state index contributed by atoms with van der Waals surface area (Å²) >= 11 is 0. The summed E-state index contributed by atoms with van der Waals surface area (Å²) in [6.07, 6.45) is 4.20. The minimum atomic E-state index is -0.394. The highest BCUT2D eigenvalue weighted by molar-refractivity contribution is 5.94. The van der Waals surface area contributed by atoms with Crippen LogP contribution in [0, 0.1) is 5.82 Å². The Morgan fingerprint density at radius 3 is 2.71 bits per heavy atom. The van der Waals surface area contributed by atoms with E-state index in [-0.39, 0.29) is 23.4 Å². The van der Waals surface area contributed by atoms with E-state index >= 15 is 0 Å². The first-order valence-electron chi connectivity index (χ1n) is 10.9. The number of aromatic amines is 1. The molecule has 0 aliphatic carbocycles. The van der Waals surface area contributed by atoms with Gasteiger partial charge in [-0.3, -0.25) is 14.4 Å². The first-order valence-corrected chi connectivity index (χ1v) is 10.9. The number of H-pyrrole nitrogens is 1. The molecule has 7 nitrogen and oxygen atoms in total. The molecule has 0 bridgehead atoms. The molecule has 2 aliphatic rings. The Morgan fingerprint density at radius 1 is 1.19 bits per heavy atom. The number of aromatic nitrogens is 2. The molecular formula is C23H27FN4O3. The van der Waals surface area contributed by atoms with E-state index in [9.17, 15) is 18.8 Å². The summed E-state index contributed by atoms with van der Waals surface area (Å²) in [7, 11) is 0. The molecule has 1 atom stereocenters. The van der Waals surface area contributed by atoms with Gasteiger partial charge in [-0.05, 0) is 56.4 Å². The zero-order chi connectivity index (χ0) is 22.0. The number of nitrogens with one attached hydrogen (secondary N) is 1. The molecule has 4 rings (SSSR count). The quantitative estimate of drug-likeness (QED) is 0.814. The molecule has 31 heavy (non-hydrogen) atoms. The van der Waals surface area contributed by atoms with E-state index in [1.807, 2.05) is 6.92 Å². The lowest BCUT2D eigenvalue weighted by Gasteiger charge is -2.36. The molecule has 1 aromatic heterocycles. The maximum atomic E-state index is 13.3. The van der Waals surface area contributed by atoms with Gasteiger partial charge in [-0.2, -0.15) is 0 Å². The lowest BCUT2D eigenvalue weighted by Crippen LogP contribution is -2.42. The van der Waals surface area contributed by atoms with Crippen molar-refractivity contribution in [3.05, 3.63) is 63.1 Å². The average molecular weight is 426 g/mol. The summed E-state index contributed by atoms with van der Waals surface area (Å²) in [6.45, 7) is 3.35. The smallest absolute Gasteiger partial charge is 0.254 e. The average Bonchev–Trinajstić information content (AvgIpc) is 2.79. The Bertz CT molecular complexity index is 1030. The van der Waals surface area contributed by atoms with E-state index in [1.165, 1.54) is 24.3 Å². The molecule has 2 aliphatic heterocycles. The Balaban J connectivity index is 1.63. The highest BCUT2D eigenvalue weighted by Gasteiger charge is 2.32. The topological polar surface area (TPSA) is 86.4 Å². The van der Waals surface area contributed by atoms with Crippen molar-refractivity contribution in [1.29, 1.82) is 0 Å². The van der Waals surface area contributed by atoms with Gasteiger partial charge < -0.3 is 14.8 Å². The first kappa shape index (κ1) is 21.2. The zero-order valence-corrected chi connectivity index (χ0v) is 17.7. The molecule has 164 valence electrons. The molecule has 0 unspecified atom stereocenters. The van der Waals surface area contributed by atoms with Gasteiger partial charge in [0.05, 0.1) is 18.3 Å². The number of rotatable bonds is 4. The van der Waals surface area contributed by atoms with E-state index in [1.54, 1.807) is 9.80 Å². The standard InChI is InChI=1S/C23H27FN4O3/c1-2-5-20(29)27-13-11-17-18(14-27)25-21(26-22(17)30)19-6-3-4-12-28(19)23(31)15-7-9-16(24)10-8-15/h7-10,19H,2-6,11-14H2,1H3,(H,25,26,30)/t19-/m1/s1. The number of fused-ring (bicyclic) bond motifs is 1. The van der Waals surface area contributed by atoms with Crippen LogP contribution in [0.5, 0.6) is 0 Å². The first-order chi connectivity index (χ1) is 15.0. The number of halogens is 1. The Morgan fingerprint density at radius 2 is 1.97 bits per heavy atom. The van der Waals surface area contributed by atoms with Crippen LogP contribution in [0.1, 0.15) is 72.5 Å². The van der Waals surface area contributed by atoms with Gasteiger partial charge in [0.1, 0.15) is 11.6 Å². The van der Waals surface area contributed by atoms with Gasteiger partial charge in [-0.25, -0.2) is 9.37 Å². The van der Waals surface area contributed by atoms with Crippen LogP contribution in [0.3, 0.4) is 0 Å². The van der Waals surface area contributed by atoms with Crippen LogP contribution in [0.4, 0.5) is 4.39 Å². The Kier molecular flexibility index (Phi) is 6.15. The molecule has 2 aromatic rings. The minimum absolute atomic E-state index is 0.0718. The van der Waals surface area contributed by atoms with Gasteiger partial charge in [0.25, 0.3) is 11.5 Å².